The number of hydrazone groups is 1. The number of hydrogen-bond donors (Lipinski definition) is 0. The van der Waals surface area contributed by atoms with E-state index in [1.807, 2.05) is 36.4 Å². The topological polar surface area (TPSA) is 52.5 Å². The van der Waals surface area contributed by atoms with E-state index in [0.717, 1.165) is 64.8 Å². The maximum Gasteiger partial charge on any atom is 0.213 e. The van der Waals surface area contributed by atoms with Crippen molar-refractivity contribution < 1.29 is 18.9 Å². The molecule has 3 aromatic rings. The van der Waals surface area contributed by atoms with Gasteiger partial charge < -0.3 is 18.9 Å². The number of rotatable bonds is 9. The molecule has 0 saturated carbocycles. The lowest BCUT2D eigenvalue weighted by atomic mass is 9.95. The summed E-state index contributed by atoms with van der Waals surface area (Å²) in [6.45, 7) is 2.94. The van der Waals surface area contributed by atoms with Crippen LogP contribution in [0, 0.1) is 0 Å². The summed E-state index contributed by atoms with van der Waals surface area (Å²) >= 11 is 0. The standard InChI is InChI=1S/C29H32N2O4/c1-4-5-6-17-34-23-13-9-21(10-14-23)29-31-27(25-18-24(33-3)15-16-28(25)35-29)19-26(30-31)20-7-11-22(32-2)12-8-20/h7-16,18,27,29H,4-6,17,19H2,1-3H3. The fourth-order valence-electron chi connectivity index (χ4n) is 4.64. The molecule has 2 aliphatic heterocycles. The average molecular weight is 473 g/mol. The fraction of sp³-hybridized carbons (Fsp3) is 0.345. The van der Waals surface area contributed by atoms with E-state index in [4.69, 9.17) is 24.0 Å². The van der Waals surface area contributed by atoms with E-state index >= 15 is 0 Å². The Morgan fingerprint density at radius 1 is 0.886 bits per heavy atom. The molecule has 0 aromatic heterocycles. The summed E-state index contributed by atoms with van der Waals surface area (Å²) in [7, 11) is 3.36. The van der Waals surface area contributed by atoms with E-state index in [0.29, 0.717) is 0 Å². The van der Waals surface area contributed by atoms with Crippen molar-refractivity contribution in [1.82, 2.24) is 5.01 Å². The summed E-state index contributed by atoms with van der Waals surface area (Å²) in [6, 6.07) is 22.3. The largest absolute Gasteiger partial charge is 0.497 e. The number of hydrogen-bond acceptors (Lipinski definition) is 6. The number of benzene rings is 3. The predicted octanol–water partition coefficient (Wildman–Crippen LogP) is 6.52. The van der Waals surface area contributed by atoms with Crippen LogP contribution in [-0.2, 0) is 0 Å². The minimum Gasteiger partial charge on any atom is -0.497 e. The highest BCUT2D eigenvalue weighted by Gasteiger charge is 2.41. The van der Waals surface area contributed by atoms with Crippen LogP contribution in [0.4, 0.5) is 0 Å². The third kappa shape index (κ3) is 4.78. The number of fused-ring (bicyclic) bond motifs is 3. The van der Waals surface area contributed by atoms with Crippen molar-refractivity contribution >= 4 is 5.71 Å². The highest BCUT2D eigenvalue weighted by Crippen LogP contribution is 2.48. The molecule has 3 aromatic carbocycles. The van der Waals surface area contributed by atoms with Crippen LogP contribution in [0.3, 0.4) is 0 Å². The summed E-state index contributed by atoms with van der Waals surface area (Å²) in [4.78, 5) is 0. The average Bonchev–Trinajstić information content (AvgIpc) is 3.37. The first-order valence-corrected chi connectivity index (χ1v) is 12.3. The lowest BCUT2D eigenvalue weighted by molar-refractivity contribution is -0.0191. The molecule has 0 aliphatic carbocycles. The zero-order valence-corrected chi connectivity index (χ0v) is 20.6. The molecular formula is C29H32N2O4. The summed E-state index contributed by atoms with van der Waals surface area (Å²) in [6.07, 6.45) is 3.90. The SMILES string of the molecule is CCCCCOc1ccc(C2Oc3ccc(OC)cc3C3CC(c4ccc(OC)cc4)=NN32)cc1. The Morgan fingerprint density at radius 3 is 2.31 bits per heavy atom. The van der Waals surface area contributed by atoms with Crippen molar-refractivity contribution in [3.8, 4) is 23.0 Å². The first-order valence-electron chi connectivity index (χ1n) is 12.3. The van der Waals surface area contributed by atoms with Gasteiger partial charge in [-0.3, -0.25) is 0 Å². The molecule has 2 aliphatic rings. The van der Waals surface area contributed by atoms with E-state index < -0.39 is 0 Å². The molecule has 0 amide bonds. The van der Waals surface area contributed by atoms with Gasteiger partial charge in [0.1, 0.15) is 23.0 Å². The lowest BCUT2D eigenvalue weighted by Gasteiger charge is -2.38. The van der Waals surface area contributed by atoms with Gasteiger partial charge in [0.05, 0.1) is 32.6 Å². The Labute approximate surface area is 207 Å². The van der Waals surface area contributed by atoms with Gasteiger partial charge in [-0.15, -0.1) is 0 Å². The highest BCUT2D eigenvalue weighted by molar-refractivity contribution is 6.02. The molecule has 6 heteroatoms. The van der Waals surface area contributed by atoms with Gasteiger partial charge in [-0.1, -0.05) is 19.8 Å². The zero-order valence-electron chi connectivity index (χ0n) is 20.6. The Morgan fingerprint density at radius 2 is 1.60 bits per heavy atom. The lowest BCUT2D eigenvalue weighted by Crippen LogP contribution is -2.33. The maximum atomic E-state index is 6.51. The first-order chi connectivity index (χ1) is 17.2. The maximum absolute atomic E-state index is 6.51. The van der Waals surface area contributed by atoms with Gasteiger partial charge in [-0.05, 0) is 78.7 Å². The molecule has 0 fully saturated rings. The number of nitrogens with zero attached hydrogens (tertiary/aromatic N) is 2. The first kappa shape index (κ1) is 23.1. The molecule has 0 radical (unpaired) electrons. The molecular weight excluding hydrogens is 440 g/mol. The van der Waals surface area contributed by atoms with Crippen molar-refractivity contribution in [3.05, 3.63) is 83.4 Å². The van der Waals surface area contributed by atoms with Crippen LogP contribution >= 0.6 is 0 Å². The normalized spacial score (nSPS) is 18.3. The van der Waals surface area contributed by atoms with Gasteiger partial charge >= 0.3 is 0 Å². The van der Waals surface area contributed by atoms with Crippen molar-refractivity contribution in [3.63, 3.8) is 0 Å². The molecule has 0 saturated heterocycles. The number of methoxy groups -OCH3 is 2. The Kier molecular flexibility index (Phi) is 6.80. The fourth-order valence-corrected chi connectivity index (χ4v) is 4.64. The molecule has 0 spiro atoms. The quantitative estimate of drug-likeness (QED) is 0.332. The van der Waals surface area contributed by atoms with Crippen LogP contribution in [0.25, 0.3) is 0 Å². The minimum atomic E-state index is -0.328. The monoisotopic (exact) mass is 472 g/mol. The van der Waals surface area contributed by atoms with E-state index in [2.05, 4.69) is 42.3 Å². The van der Waals surface area contributed by atoms with Crippen LogP contribution in [0.2, 0.25) is 0 Å². The van der Waals surface area contributed by atoms with Crippen LogP contribution in [0.15, 0.2) is 71.8 Å². The molecule has 2 atom stereocenters. The summed E-state index contributed by atoms with van der Waals surface area (Å²) < 4.78 is 23.2. The third-order valence-electron chi connectivity index (χ3n) is 6.60. The predicted molar refractivity (Wildman–Crippen MR) is 137 cm³/mol. The van der Waals surface area contributed by atoms with Crippen LogP contribution < -0.4 is 18.9 Å². The second kappa shape index (κ2) is 10.3. The third-order valence-corrected chi connectivity index (χ3v) is 6.60. The van der Waals surface area contributed by atoms with E-state index in [1.165, 1.54) is 12.8 Å². The molecule has 5 rings (SSSR count). The van der Waals surface area contributed by atoms with Gasteiger partial charge in [0, 0.05) is 17.5 Å². The van der Waals surface area contributed by atoms with Crippen LogP contribution in [0.5, 0.6) is 23.0 Å². The second-order valence-electron chi connectivity index (χ2n) is 8.87. The van der Waals surface area contributed by atoms with E-state index in [1.54, 1.807) is 14.2 Å². The molecule has 0 N–H and O–H groups in total. The molecule has 2 heterocycles. The Balaban J connectivity index is 1.44. The number of ether oxygens (including phenoxy) is 4. The zero-order chi connectivity index (χ0) is 24.2. The van der Waals surface area contributed by atoms with Gasteiger partial charge in [0.2, 0.25) is 6.23 Å². The highest BCUT2D eigenvalue weighted by atomic mass is 16.5. The van der Waals surface area contributed by atoms with E-state index in [-0.39, 0.29) is 12.3 Å². The molecule has 6 nitrogen and oxygen atoms in total. The van der Waals surface area contributed by atoms with Crippen LogP contribution in [-0.4, -0.2) is 31.5 Å². The number of unbranched alkanes of at least 4 members (excludes halogenated alkanes) is 2. The van der Waals surface area contributed by atoms with Gasteiger partial charge in [0.25, 0.3) is 0 Å². The molecule has 0 bridgehead atoms. The van der Waals surface area contributed by atoms with Crippen molar-refractivity contribution in [2.24, 2.45) is 5.10 Å². The van der Waals surface area contributed by atoms with Crippen molar-refractivity contribution in [2.75, 3.05) is 20.8 Å². The smallest absolute Gasteiger partial charge is 0.213 e. The molecule has 2 unspecified atom stereocenters. The summed E-state index contributed by atoms with van der Waals surface area (Å²) in [5.74, 6) is 3.39. The molecule has 182 valence electrons. The van der Waals surface area contributed by atoms with Crippen molar-refractivity contribution in [1.29, 1.82) is 0 Å². The van der Waals surface area contributed by atoms with E-state index in [9.17, 15) is 0 Å². The van der Waals surface area contributed by atoms with Crippen LogP contribution in [0.1, 0.15) is 61.6 Å². The van der Waals surface area contributed by atoms with Gasteiger partial charge in [0.15, 0.2) is 0 Å². The minimum absolute atomic E-state index is 0.0564. The summed E-state index contributed by atoms with van der Waals surface area (Å²) in [5, 5.41) is 7.13. The van der Waals surface area contributed by atoms with Gasteiger partial charge in [-0.25, -0.2) is 5.01 Å². The summed E-state index contributed by atoms with van der Waals surface area (Å²) in [5.41, 5.74) is 4.23. The molecule has 35 heavy (non-hydrogen) atoms. The second-order valence-corrected chi connectivity index (χ2v) is 8.87. The Hall–Kier alpha value is -3.67. The van der Waals surface area contributed by atoms with Crippen molar-refractivity contribution in [2.45, 2.75) is 44.9 Å². The Bertz CT molecular complexity index is 1170. The van der Waals surface area contributed by atoms with Gasteiger partial charge in [-0.2, -0.15) is 5.10 Å².